The van der Waals surface area contributed by atoms with Gasteiger partial charge in [0.15, 0.2) is 5.16 Å². The molecule has 0 bridgehead atoms. The number of carbonyl (C=O) groups excluding carboxylic acids is 1. The van der Waals surface area contributed by atoms with E-state index in [2.05, 4.69) is 26.1 Å². The molecule has 1 saturated carbocycles. The molecule has 0 atom stereocenters. The molecule has 2 aromatic rings. The van der Waals surface area contributed by atoms with Crippen molar-refractivity contribution in [3.05, 3.63) is 35.1 Å². The van der Waals surface area contributed by atoms with E-state index in [0.717, 1.165) is 22.5 Å². The molecule has 1 aromatic heterocycles. The summed E-state index contributed by atoms with van der Waals surface area (Å²) in [6, 6.07) is 7.07. The van der Waals surface area contributed by atoms with Gasteiger partial charge < -0.3 is 9.47 Å². The molecular weight excluding hydrogens is 466 g/mol. The Morgan fingerprint density at radius 1 is 1.14 bits per heavy atom. The van der Waals surface area contributed by atoms with Gasteiger partial charge in [0, 0.05) is 36.7 Å². The molecule has 28 heavy (non-hydrogen) atoms. The number of piperazine rings is 1. The summed E-state index contributed by atoms with van der Waals surface area (Å²) in [6.45, 7) is 1.38. The molecule has 11 heteroatoms. The number of aromatic nitrogens is 3. The number of carbonyl (C=O) groups is 1. The molecule has 2 heterocycles. The Kier molecular flexibility index (Phi) is 5.77. The lowest BCUT2D eigenvalue weighted by Gasteiger charge is -2.34. The second kappa shape index (κ2) is 8.13. The number of hydrogen-bond acceptors (Lipinski definition) is 6. The quantitative estimate of drug-likeness (QED) is 0.581. The summed E-state index contributed by atoms with van der Waals surface area (Å²) in [4.78, 5) is 14.5. The predicted octanol–water partition coefficient (Wildman–Crippen LogP) is 2.00. The molecule has 8 nitrogen and oxygen atoms in total. The van der Waals surface area contributed by atoms with E-state index >= 15 is 0 Å². The summed E-state index contributed by atoms with van der Waals surface area (Å²) in [5.74, 6) is 0.279. The molecule has 0 spiro atoms. The van der Waals surface area contributed by atoms with Gasteiger partial charge in [-0.1, -0.05) is 27.7 Å². The second-order valence-electron chi connectivity index (χ2n) is 6.78. The van der Waals surface area contributed by atoms with Crippen LogP contribution in [-0.4, -0.2) is 70.2 Å². The fraction of sp³-hybridized carbons (Fsp3) is 0.471. The van der Waals surface area contributed by atoms with Crippen LogP contribution in [0.5, 0.6) is 0 Å². The average molecular weight is 486 g/mol. The Balaban J connectivity index is 1.31. The van der Waals surface area contributed by atoms with Gasteiger partial charge in [-0.3, -0.25) is 4.79 Å². The van der Waals surface area contributed by atoms with Crippen LogP contribution in [-0.2, 0) is 14.8 Å². The van der Waals surface area contributed by atoms with E-state index < -0.39 is 10.0 Å². The molecule has 150 valence electrons. The fourth-order valence-electron chi connectivity index (χ4n) is 3.09. The van der Waals surface area contributed by atoms with Crippen LogP contribution in [0, 0.1) is 0 Å². The molecule has 1 amide bonds. The minimum Gasteiger partial charge on any atom is -0.339 e. The highest BCUT2D eigenvalue weighted by atomic mass is 79.9. The van der Waals surface area contributed by atoms with Gasteiger partial charge in [-0.2, -0.15) is 4.31 Å². The summed E-state index contributed by atoms with van der Waals surface area (Å²) in [5, 5.41) is 8.80. The van der Waals surface area contributed by atoms with Crippen molar-refractivity contribution >= 4 is 43.6 Å². The van der Waals surface area contributed by atoms with Gasteiger partial charge in [0.1, 0.15) is 6.33 Å². The van der Waals surface area contributed by atoms with Crippen LogP contribution in [0.25, 0.3) is 0 Å². The van der Waals surface area contributed by atoms with E-state index in [1.165, 1.54) is 16.1 Å². The van der Waals surface area contributed by atoms with Crippen LogP contribution in [0.1, 0.15) is 18.9 Å². The number of thioether (sulfide) groups is 1. The molecule has 2 fully saturated rings. The van der Waals surface area contributed by atoms with E-state index in [4.69, 9.17) is 0 Å². The zero-order chi connectivity index (χ0) is 19.7. The molecule has 1 saturated heterocycles. The van der Waals surface area contributed by atoms with Crippen LogP contribution in [0.3, 0.4) is 0 Å². The number of benzene rings is 1. The van der Waals surface area contributed by atoms with Gasteiger partial charge in [-0.15, -0.1) is 10.2 Å². The van der Waals surface area contributed by atoms with Crippen LogP contribution < -0.4 is 0 Å². The normalized spacial score (nSPS) is 18.4. The Bertz CT molecular complexity index is 951. The van der Waals surface area contributed by atoms with Crippen molar-refractivity contribution in [1.82, 2.24) is 24.0 Å². The van der Waals surface area contributed by atoms with Crippen LogP contribution in [0.4, 0.5) is 0 Å². The van der Waals surface area contributed by atoms with Crippen molar-refractivity contribution in [3.8, 4) is 0 Å². The first kappa shape index (κ1) is 19.9. The van der Waals surface area contributed by atoms with E-state index in [9.17, 15) is 13.2 Å². The van der Waals surface area contributed by atoms with Gasteiger partial charge in [-0.05, 0) is 37.1 Å². The zero-order valence-corrected chi connectivity index (χ0v) is 18.3. The minimum absolute atomic E-state index is 0.00367. The minimum atomic E-state index is -3.54. The average Bonchev–Trinajstić information content (AvgIpc) is 3.44. The summed E-state index contributed by atoms with van der Waals surface area (Å²) in [7, 11) is -3.54. The number of sulfonamides is 1. The van der Waals surface area contributed by atoms with Crippen molar-refractivity contribution in [3.63, 3.8) is 0 Å². The molecule has 2 aliphatic rings. The molecule has 0 unspecified atom stereocenters. The van der Waals surface area contributed by atoms with Crippen LogP contribution in [0.15, 0.2) is 45.1 Å². The van der Waals surface area contributed by atoms with Crippen molar-refractivity contribution in [2.75, 3.05) is 31.9 Å². The summed E-state index contributed by atoms with van der Waals surface area (Å²) in [6.07, 6.45) is 3.99. The second-order valence-corrected chi connectivity index (χ2v) is 10.6. The van der Waals surface area contributed by atoms with E-state index in [0.29, 0.717) is 32.2 Å². The monoisotopic (exact) mass is 485 g/mol. The van der Waals surface area contributed by atoms with Crippen molar-refractivity contribution in [1.29, 1.82) is 0 Å². The number of rotatable bonds is 6. The number of nitrogens with zero attached hydrogens (tertiary/aromatic N) is 5. The Labute approximate surface area is 176 Å². The molecule has 1 aromatic carbocycles. The SMILES string of the molecule is O=C(CSc1nncn1C1CC1)N1CCN(S(=O)(=O)c2ccc(Br)cc2)CC1. The summed E-state index contributed by atoms with van der Waals surface area (Å²) < 4.78 is 29.8. The van der Waals surface area contributed by atoms with E-state index in [-0.39, 0.29) is 16.6 Å². The highest BCUT2D eigenvalue weighted by Gasteiger charge is 2.31. The Morgan fingerprint density at radius 2 is 1.82 bits per heavy atom. The van der Waals surface area contributed by atoms with Gasteiger partial charge >= 0.3 is 0 Å². The molecule has 0 N–H and O–H groups in total. The first-order chi connectivity index (χ1) is 13.4. The predicted molar refractivity (Wildman–Crippen MR) is 108 cm³/mol. The number of halogens is 1. The molecular formula is C17H20BrN5O3S2. The van der Waals surface area contributed by atoms with Crippen LogP contribution in [0.2, 0.25) is 0 Å². The van der Waals surface area contributed by atoms with Gasteiger partial charge in [0.2, 0.25) is 15.9 Å². The first-order valence-corrected chi connectivity index (χ1v) is 12.2. The van der Waals surface area contributed by atoms with Crippen molar-refractivity contribution in [2.45, 2.75) is 28.9 Å². The molecule has 4 rings (SSSR count). The standard InChI is InChI=1S/C17H20BrN5O3S2/c18-13-1-5-15(6-2-13)28(25,26)22-9-7-21(8-10-22)16(24)11-27-17-20-19-12-23(17)14-3-4-14/h1-2,5-6,12,14H,3-4,7-11H2. The smallest absolute Gasteiger partial charge is 0.243 e. The van der Waals surface area contributed by atoms with Gasteiger partial charge in [0.25, 0.3) is 0 Å². The number of hydrogen-bond donors (Lipinski definition) is 0. The summed E-state index contributed by atoms with van der Waals surface area (Å²) >= 11 is 4.70. The van der Waals surface area contributed by atoms with Crippen molar-refractivity contribution in [2.24, 2.45) is 0 Å². The fourth-order valence-corrected chi connectivity index (χ4v) is 5.66. The third-order valence-electron chi connectivity index (χ3n) is 4.85. The number of amides is 1. The maximum atomic E-state index is 12.7. The largest absolute Gasteiger partial charge is 0.339 e. The third-order valence-corrected chi connectivity index (χ3v) is 8.23. The van der Waals surface area contributed by atoms with Gasteiger partial charge in [-0.25, -0.2) is 8.42 Å². The van der Waals surface area contributed by atoms with Crippen LogP contribution >= 0.6 is 27.7 Å². The third kappa shape index (κ3) is 4.27. The first-order valence-electron chi connectivity index (χ1n) is 9.01. The molecule has 1 aliphatic heterocycles. The Hall–Kier alpha value is -1.43. The van der Waals surface area contributed by atoms with Gasteiger partial charge in [0.05, 0.1) is 10.6 Å². The Morgan fingerprint density at radius 3 is 2.46 bits per heavy atom. The highest BCUT2D eigenvalue weighted by Crippen LogP contribution is 2.37. The lowest BCUT2D eigenvalue weighted by Crippen LogP contribution is -2.50. The topological polar surface area (TPSA) is 88.4 Å². The van der Waals surface area contributed by atoms with E-state index in [1.54, 1.807) is 35.5 Å². The molecule has 0 radical (unpaired) electrons. The summed E-state index contributed by atoms with van der Waals surface area (Å²) in [5.41, 5.74) is 0. The maximum Gasteiger partial charge on any atom is 0.243 e. The molecule has 1 aliphatic carbocycles. The lowest BCUT2D eigenvalue weighted by molar-refractivity contribution is -0.129. The van der Waals surface area contributed by atoms with Crippen molar-refractivity contribution < 1.29 is 13.2 Å². The zero-order valence-electron chi connectivity index (χ0n) is 15.1. The maximum absolute atomic E-state index is 12.7. The lowest BCUT2D eigenvalue weighted by atomic mass is 10.3. The van der Waals surface area contributed by atoms with E-state index in [1.807, 2.05) is 4.57 Å². The highest BCUT2D eigenvalue weighted by molar-refractivity contribution is 9.10.